The van der Waals surface area contributed by atoms with E-state index in [0.29, 0.717) is 21.6 Å². The van der Waals surface area contributed by atoms with Gasteiger partial charge in [0.25, 0.3) is 5.56 Å². The monoisotopic (exact) mass is 646 g/mol. The molecule has 0 N–H and O–H groups in total. The predicted octanol–water partition coefficient (Wildman–Crippen LogP) is 6.94. The smallest absolute Gasteiger partial charge is 0.416 e. The maximum absolute atomic E-state index is 14.1. The molecular formula is C34H25F3N2O4S2. The number of ether oxygens (including phenoxy) is 1. The number of furan rings is 1. The van der Waals surface area contributed by atoms with Gasteiger partial charge in [0.2, 0.25) is 0 Å². The molecule has 0 aliphatic carbocycles. The molecule has 3 aromatic carbocycles. The van der Waals surface area contributed by atoms with Crippen LogP contribution in [-0.2, 0) is 15.7 Å². The van der Waals surface area contributed by atoms with E-state index in [2.05, 4.69) is 0 Å². The largest absolute Gasteiger partial charge is 0.463 e. The number of thiazole rings is 1. The second kappa shape index (κ2) is 12.4. The summed E-state index contributed by atoms with van der Waals surface area (Å²) in [4.78, 5) is 33.9. The zero-order valence-corrected chi connectivity index (χ0v) is 25.6. The number of thioether (sulfide) groups is 1. The highest BCUT2D eigenvalue weighted by atomic mass is 32.2. The number of esters is 1. The molecule has 6 rings (SSSR count). The minimum absolute atomic E-state index is 0.139. The van der Waals surface area contributed by atoms with Crippen LogP contribution in [0, 0.1) is 0 Å². The van der Waals surface area contributed by atoms with Gasteiger partial charge in [0, 0.05) is 22.1 Å². The summed E-state index contributed by atoms with van der Waals surface area (Å²) in [6.07, 6.45) is -0.999. The van der Waals surface area contributed by atoms with E-state index in [0.717, 1.165) is 28.4 Å². The highest BCUT2D eigenvalue weighted by molar-refractivity contribution is 7.98. The number of hydrogen-bond donors (Lipinski definition) is 0. The Kier molecular flexibility index (Phi) is 8.39. The highest BCUT2D eigenvalue weighted by Crippen LogP contribution is 2.36. The molecule has 1 aliphatic rings. The Labute approximate surface area is 263 Å². The summed E-state index contributed by atoms with van der Waals surface area (Å²) in [5.41, 5.74) is 1.12. The van der Waals surface area contributed by atoms with Gasteiger partial charge in [0.1, 0.15) is 11.5 Å². The standard InChI is InChI=1S/C34H25F3N2O4S2/c1-3-42-32(41)28-29(20-8-5-4-6-9-20)38-33-39(30(28)21-12-15-25(44-2)16-13-21)31(40)27(45-33)19-24-14-17-26(43-24)22-10-7-11-23(18-22)34(35,36)37/h4-19,30H,3H2,1-2H3/b27-19-/t30-/m0/s1. The number of hydrogen-bond acceptors (Lipinski definition) is 7. The van der Waals surface area contributed by atoms with Crippen LogP contribution >= 0.6 is 23.1 Å². The second-order valence-electron chi connectivity index (χ2n) is 9.99. The molecule has 1 atom stereocenters. The van der Waals surface area contributed by atoms with Crippen molar-refractivity contribution in [2.45, 2.75) is 24.0 Å². The van der Waals surface area contributed by atoms with Crippen molar-refractivity contribution in [2.24, 2.45) is 4.99 Å². The van der Waals surface area contributed by atoms with Crippen molar-refractivity contribution in [1.82, 2.24) is 4.57 Å². The molecule has 1 aliphatic heterocycles. The molecule has 0 saturated heterocycles. The maximum atomic E-state index is 14.1. The molecule has 5 aromatic rings. The van der Waals surface area contributed by atoms with E-state index in [1.807, 2.05) is 60.9 Å². The number of carbonyl (C=O) groups excluding carboxylic acids is 1. The van der Waals surface area contributed by atoms with Crippen molar-refractivity contribution in [1.29, 1.82) is 0 Å². The quantitative estimate of drug-likeness (QED) is 0.142. The number of rotatable bonds is 7. The molecule has 0 amide bonds. The molecule has 45 heavy (non-hydrogen) atoms. The third kappa shape index (κ3) is 6.05. The topological polar surface area (TPSA) is 73.8 Å². The summed E-state index contributed by atoms with van der Waals surface area (Å²) in [5.74, 6) is -0.0747. The van der Waals surface area contributed by atoms with Gasteiger partial charge in [-0.05, 0) is 55.1 Å². The van der Waals surface area contributed by atoms with Crippen molar-refractivity contribution >= 4 is 40.8 Å². The van der Waals surface area contributed by atoms with E-state index in [1.165, 1.54) is 22.8 Å². The molecule has 0 saturated carbocycles. The van der Waals surface area contributed by atoms with E-state index in [1.54, 1.807) is 30.8 Å². The molecule has 6 nitrogen and oxygen atoms in total. The normalized spacial score (nSPS) is 15.1. The number of halogens is 3. The Morgan fingerprint density at radius 3 is 2.44 bits per heavy atom. The molecular weight excluding hydrogens is 622 g/mol. The molecule has 2 aromatic heterocycles. The molecule has 0 unspecified atom stereocenters. The van der Waals surface area contributed by atoms with Crippen molar-refractivity contribution in [3.8, 4) is 11.3 Å². The van der Waals surface area contributed by atoms with Crippen molar-refractivity contribution in [3.05, 3.63) is 139 Å². The Morgan fingerprint density at radius 2 is 1.76 bits per heavy atom. The fourth-order valence-electron chi connectivity index (χ4n) is 5.11. The van der Waals surface area contributed by atoms with Crippen LogP contribution in [0.2, 0.25) is 0 Å². The van der Waals surface area contributed by atoms with Crippen LogP contribution in [0.1, 0.15) is 35.4 Å². The van der Waals surface area contributed by atoms with Crippen molar-refractivity contribution in [2.75, 3.05) is 12.9 Å². The lowest BCUT2D eigenvalue weighted by Crippen LogP contribution is -2.40. The van der Waals surface area contributed by atoms with Crippen LogP contribution in [0.4, 0.5) is 13.2 Å². The van der Waals surface area contributed by atoms with Crippen LogP contribution < -0.4 is 14.9 Å². The lowest BCUT2D eigenvalue weighted by Gasteiger charge is -2.26. The van der Waals surface area contributed by atoms with Gasteiger partial charge in [0.05, 0.1) is 34.0 Å². The lowest BCUT2D eigenvalue weighted by molar-refractivity contribution is -0.139. The van der Waals surface area contributed by atoms with E-state index in [4.69, 9.17) is 14.1 Å². The third-order valence-corrected chi connectivity index (χ3v) is 8.91. The molecule has 0 radical (unpaired) electrons. The number of benzene rings is 3. The van der Waals surface area contributed by atoms with Crippen LogP contribution in [0.5, 0.6) is 0 Å². The molecule has 3 heterocycles. The number of fused-ring (bicyclic) bond motifs is 1. The molecule has 0 spiro atoms. The van der Waals surface area contributed by atoms with Crippen LogP contribution in [-0.4, -0.2) is 23.4 Å². The summed E-state index contributed by atoms with van der Waals surface area (Å²) in [6.45, 7) is 1.86. The Bertz CT molecular complexity index is 2090. The first-order valence-corrected chi connectivity index (χ1v) is 15.9. The van der Waals surface area contributed by atoms with E-state index in [-0.39, 0.29) is 33.8 Å². The van der Waals surface area contributed by atoms with Gasteiger partial charge in [0.15, 0.2) is 4.80 Å². The Morgan fingerprint density at radius 1 is 1.02 bits per heavy atom. The van der Waals surface area contributed by atoms with Gasteiger partial charge in [-0.2, -0.15) is 13.2 Å². The van der Waals surface area contributed by atoms with Gasteiger partial charge in [-0.25, -0.2) is 9.79 Å². The van der Waals surface area contributed by atoms with E-state index >= 15 is 0 Å². The number of nitrogens with zero attached hydrogens (tertiary/aromatic N) is 2. The summed E-state index contributed by atoms with van der Waals surface area (Å²) >= 11 is 2.70. The van der Waals surface area contributed by atoms with Gasteiger partial charge in [-0.15, -0.1) is 11.8 Å². The summed E-state index contributed by atoms with van der Waals surface area (Å²) in [5, 5.41) is 0. The summed E-state index contributed by atoms with van der Waals surface area (Å²) in [6, 6.07) is 24.0. The second-order valence-corrected chi connectivity index (χ2v) is 11.9. The first-order valence-electron chi connectivity index (χ1n) is 13.9. The molecule has 11 heteroatoms. The van der Waals surface area contributed by atoms with E-state index < -0.39 is 29.3 Å². The number of alkyl halides is 3. The SMILES string of the molecule is CCOC(=O)C1=C(c2ccccc2)N=c2s/c(=C\c3ccc(-c4cccc(C(F)(F)F)c4)o3)c(=O)n2[C@H]1c1ccc(SC)cc1. The zero-order chi connectivity index (χ0) is 31.7. The number of aromatic nitrogens is 1. The average Bonchev–Trinajstić information content (AvgIpc) is 3.64. The zero-order valence-electron chi connectivity index (χ0n) is 24.0. The molecule has 0 bridgehead atoms. The maximum Gasteiger partial charge on any atom is 0.416 e. The van der Waals surface area contributed by atoms with Gasteiger partial charge >= 0.3 is 12.1 Å². The van der Waals surface area contributed by atoms with Gasteiger partial charge < -0.3 is 9.15 Å². The minimum Gasteiger partial charge on any atom is -0.463 e. The van der Waals surface area contributed by atoms with Crippen LogP contribution in [0.15, 0.2) is 116 Å². The van der Waals surface area contributed by atoms with E-state index in [9.17, 15) is 22.8 Å². The molecule has 0 fully saturated rings. The summed E-state index contributed by atoms with van der Waals surface area (Å²) in [7, 11) is 0. The first-order chi connectivity index (χ1) is 21.7. The third-order valence-electron chi connectivity index (χ3n) is 7.18. The van der Waals surface area contributed by atoms with Gasteiger partial charge in [-0.1, -0.05) is 65.9 Å². The van der Waals surface area contributed by atoms with Crippen LogP contribution in [0.25, 0.3) is 23.1 Å². The first kappa shape index (κ1) is 30.4. The highest BCUT2D eigenvalue weighted by Gasteiger charge is 2.35. The van der Waals surface area contributed by atoms with Gasteiger partial charge in [-0.3, -0.25) is 9.36 Å². The lowest BCUT2D eigenvalue weighted by atomic mass is 9.93. The average molecular weight is 647 g/mol. The van der Waals surface area contributed by atoms with Crippen LogP contribution in [0.3, 0.4) is 0 Å². The predicted molar refractivity (Wildman–Crippen MR) is 168 cm³/mol. The number of carbonyl (C=O) groups is 1. The Balaban J connectivity index is 1.52. The molecule has 228 valence electrons. The summed E-state index contributed by atoms with van der Waals surface area (Å²) < 4.78 is 52.9. The van der Waals surface area contributed by atoms with Crippen molar-refractivity contribution in [3.63, 3.8) is 0 Å². The van der Waals surface area contributed by atoms with Crippen molar-refractivity contribution < 1.29 is 27.1 Å². The Hall–Kier alpha value is -4.61. The fraction of sp³-hybridized carbons (Fsp3) is 0.147. The minimum atomic E-state index is -4.49. The fourth-order valence-corrected chi connectivity index (χ4v) is 6.49.